The van der Waals surface area contributed by atoms with E-state index in [1.807, 2.05) is 41.1 Å². The van der Waals surface area contributed by atoms with Crippen LogP contribution in [0.2, 0.25) is 0 Å². The van der Waals surface area contributed by atoms with Crippen molar-refractivity contribution in [3.63, 3.8) is 0 Å². The zero-order valence-corrected chi connectivity index (χ0v) is 10.4. The number of fused-ring (bicyclic) bond motifs is 1. The smallest absolute Gasteiger partial charge is 0.141 e. The summed E-state index contributed by atoms with van der Waals surface area (Å²) in [6, 6.07) is 13.3. The van der Waals surface area contributed by atoms with Crippen LogP contribution in [0.1, 0.15) is 5.56 Å². The van der Waals surface area contributed by atoms with Crippen LogP contribution < -0.4 is 4.74 Å². The Bertz CT molecular complexity index is 766. The van der Waals surface area contributed by atoms with Gasteiger partial charge in [-0.25, -0.2) is 4.98 Å². The van der Waals surface area contributed by atoms with Crippen LogP contribution >= 0.6 is 0 Å². The number of hydrogen-bond donors (Lipinski definition) is 0. The molecule has 4 nitrogen and oxygen atoms in total. The lowest BCUT2D eigenvalue weighted by atomic mass is 10.1. The van der Waals surface area contributed by atoms with Gasteiger partial charge in [0, 0.05) is 24.0 Å². The highest BCUT2D eigenvalue weighted by Crippen LogP contribution is 2.21. The van der Waals surface area contributed by atoms with Crippen LogP contribution in [0.25, 0.3) is 16.9 Å². The number of pyridine rings is 1. The van der Waals surface area contributed by atoms with Crippen molar-refractivity contribution in [3.05, 3.63) is 54.4 Å². The summed E-state index contributed by atoms with van der Waals surface area (Å²) < 4.78 is 7.12. The molecular formula is C15H11N3O. The third-order valence-electron chi connectivity index (χ3n) is 2.98. The first-order valence-corrected chi connectivity index (χ1v) is 5.83. The second-order valence-corrected chi connectivity index (χ2v) is 4.15. The molecule has 0 saturated carbocycles. The maximum Gasteiger partial charge on any atom is 0.141 e. The first-order chi connectivity index (χ1) is 9.30. The molecule has 2 aromatic heterocycles. The predicted molar refractivity (Wildman–Crippen MR) is 71.9 cm³/mol. The zero-order chi connectivity index (χ0) is 13.2. The molecule has 0 fully saturated rings. The van der Waals surface area contributed by atoms with Crippen LogP contribution in [0, 0.1) is 11.3 Å². The molecule has 0 aliphatic rings. The van der Waals surface area contributed by atoms with Crippen molar-refractivity contribution in [1.29, 1.82) is 5.26 Å². The van der Waals surface area contributed by atoms with Gasteiger partial charge < -0.3 is 9.14 Å². The monoisotopic (exact) mass is 249 g/mol. The minimum atomic E-state index is 0.647. The van der Waals surface area contributed by atoms with Gasteiger partial charge in [0.25, 0.3) is 0 Å². The Morgan fingerprint density at radius 3 is 2.68 bits per heavy atom. The van der Waals surface area contributed by atoms with Gasteiger partial charge in [-0.3, -0.25) is 0 Å². The van der Waals surface area contributed by atoms with Crippen molar-refractivity contribution in [2.45, 2.75) is 0 Å². The van der Waals surface area contributed by atoms with Crippen molar-refractivity contribution in [2.75, 3.05) is 7.11 Å². The molecule has 19 heavy (non-hydrogen) atoms. The number of methoxy groups -OCH3 is 1. The lowest BCUT2D eigenvalue weighted by Crippen LogP contribution is -1.86. The second-order valence-electron chi connectivity index (χ2n) is 4.15. The highest BCUT2D eigenvalue weighted by molar-refractivity contribution is 5.64. The predicted octanol–water partition coefficient (Wildman–Crippen LogP) is 2.88. The number of ether oxygens (including phenoxy) is 1. The molecule has 3 aromatic rings. The van der Waals surface area contributed by atoms with E-state index in [0.29, 0.717) is 5.56 Å². The lowest BCUT2D eigenvalue weighted by Gasteiger charge is -1.98. The first kappa shape index (κ1) is 11.3. The zero-order valence-electron chi connectivity index (χ0n) is 10.4. The van der Waals surface area contributed by atoms with E-state index >= 15 is 0 Å². The van der Waals surface area contributed by atoms with Gasteiger partial charge in [0.15, 0.2) is 0 Å². The Hall–Kier alpha value is -2.80. The number of nitriles is 1. The summed E-state index contributed by atoms with van der Waals surface area (Å²) in [5, 5.41) is 8.79. The minimum Gasteiger partial charge on any atom is -0.497 e. The fourth-order valence-corrected chi connectivity index (χ4v) is 1.94. The molecule has 0 saturated heterocycles. The van der Waals surface area contributed by atoms with E-state index in [4.69, 9.17) is 10.00 Å². The lowest BCUT2D eigenvalue weighted by molar-refractivity contribution is 0.414. The van der Waals surface area contributed by atoms with E-state index in [0.717, 1.165) is 22.7 Å². The molecular weight excluding hydrogens is 238 g/mol. The molecule has 1 aromatic carbocycles. The highest BCUT2D eigenvalue weighted by Gasteiger charge is 2.05. The molecule has 0 aliphatic carbocycles. The van der Waals surface area contributed by atoms with Crippen LogP contribution in [0.15, 0.2) is 48.8 Å². The Balaban J connectivity index is 2.07. The Kier molecular flexibility index (Phi) is 2.66. The third-order valence-corrected chi connectivity index (χ3v) is 2.98. The van der Waals surface area contributed by atoms with E-state index < -0.39 is 0 Å². The summed E-state index contributed by atoms with van der Waals surface area (Å²) >= 11 is 0. The van der Waals surface area contributed by atoms with Crippen molar-refractivity contribution >= 4 is 5.65 Å². The topological polar surface area (TPSA) is 50.3 Å². The standard InChI is InChI=1S/C15H11N3O/c1-19-13-6-7-18-10-14(17-15(18)8-13)12-4-2-11(9-16)3-5-12/h2-8,10H,1H3. The van der Waals surface area contributed by atoms with Gasteiger partial charge in [-0.2, -0.15) is 5.26 Å². The molecule has 0 amide bonds. The maximum atomic E-state index is 8.79. The quantitative estimate of drug-likeness (QED) is 0.701. The SMILES string of the molecule is COc1ccn2cc(-c3ccc(C#N)cc3)nc2c1. The molecule has 0 atom stereocenters. The summed E-state index contributed by atoms with van der Waals surface area (Å²) in [7, 11) is 1.64. The Morgan fingerprint density at radius 2 is 2.00 bits per heavy atom. The Labute approximate surface area is 110 Å². The van der Waals surface area contributed by atoms with Gasteiger partial charge in [-0.1, -0.05) is 12.1 Å². The minimum absolute atomic E-state index is 0.647. The molecule has 4 heteroatoms. The van der Waals surface area contributed by atoms with Crippen molar-refractivity contribution in [2.24, 2.45) is 0 Å². The van der Waals surface area contributed by atoms with Crippen molar-refractivity contribution < 1.29 is 4.74 Å². The van der Waals surface area contributed by atoms with E-state index in [1.165, 1.54) is 0 Å². The summed E-state index contributed by atoms with van der Waals surface area (Å²) in [6.45, 7) is 0. The van der Waals surface area contributed by atoms with Crippen LogP contribution in [0.3, 0.4) is 0 Å². The fourth-order valence-electron chi connectivity index (χ4n) is 1.94. The van der Waals surface area contributed by atoms with Crippen LogP contribution in [-0.4, -0.2) is 16.5 Å². The number of nitrogens with zero attached hydrogens (tertiary/aromatic N) is 3. The summed E-state index contributed by atoms with van der Waals surface area (Å²) in [5.74, 6) is 0.782. The van der Waals surface area contributed by atoms with Crippen LogP contribution in [0.5, 0.6) is 5.75 Å². The molecule has 2 heterocycles. The van der Waals surface area contributed by atoms with E-state index in [-0.39, 0.29) is 0 Å². The average Bonchev–Trinajstić information content (AvgIpc) is 2.90. The van der Waals surface area contributed by atoms with Crippen molar-refractivity contribution in [3.8, 4) is 23.1 Å². The van der Waals surface area contributed by atoms with E-state index in [9.17, 15) is 0 Å². The van der Waals surface area contributed by atoms with Gasteiger partial charge in [0.05, 0.1) is 24.4 Å². The van der Waals surface area contributed by atoms with Gasteiger partial charge in [-0.05, 0) is 18.2 Å². The molecule has 3 rings (SSSR count). The number of imidazole rings is 1. The van der Waals surface area contributed by atoms with Gasteiger partial charge in [-0.15, -0.1) is 0 Å². The molecule has 0 spiro atoms. The van der Waals surface area contributed by atoms with Crippen LogP contribution in [0.4, 0.5) is 0 Å². The average molecular weight is 249 g/mol. The third kappa shape index (κ3) is 2.02. The molecule has 0 bridgehead atoms. The molecule has 0 N–H and O–H groups in total. The fraction of sp³-hybridized carbons (Fsp3) is 0.0667. The number of hydrogen-bond acceptors (Lipinski definition) is 3. The van der Waals surface area contributed by atoms with Gasteiger partial charge in [0.2, 0.25) is 0 Å². The second kappa shape index (κ2) is 4.46. The Morgan fingerprint density at radius 1 is 1.21 bits per heavy atom. The maximum absolute atomic E-state index is 8.79. The molecule has 0 radical (unpaired) electrons. The first-order valence-electron chi connectivity index (χ1n) is 5.83. The molecule has 0 aliphatic heterocycles. The van der Waals surface area contributed by atoms with Gasteiger partial charge >= 0.3 is 0 Å². The number of rotatable bonds is 2. The van der Waals surface area contributed by atoms with E-state index in [1.54, 1.807) is 19.2 Å². The summed E-state index contributed by atoms with van der Waals surface area (Å²) in [6.07, 6.45) is 3.87. The highest BCUT2D eigenvalue weighted by atomic mass is 16.5. The molecule has 92 valence electrons. The molecule has 0 unspecified atom stereocenters. The summed E-state index contributed by atoms with van der Waals surface area (Å²) in [5.41, 5.74) is 3.34. The number of benzene rings is 1. The van der Waals surface area contributed by atoms with E-state index in [2.05, 4.69) is 11.1 Å². The van der Waals surface area contributed by atoms with Crippen LogP contribution in [-0.2, 0) is 0 Å². The largest absolute Gasteiger partial charge is 0.497 e. The number of aromatic nitrogens is 2. The summed E-state index contributed by atoms with van der Waals surface area (Å²) in [4.78, 5) is 4.55. The van der Waals surface area contributed by atoms with Gasteiger partial charge in [0.1, 0.15) is 11.4 Å². The normalized spacial score (nSPS) is 10.3. The van der Waals surface area contributed by atoms with Crippen molar-refractivity contribution in [1.82, 2.24) is 9.38 Å².